The lowest BCUT2D eigenvalue weighted by atomic mass is 10.1. The fourth-order valence-corrected chi connectivity index (χ4v) is 3.90. The second kappa shape index (κ2) is 8.05. The van der Waals surface area contributed by atoms with Crippen molar-refractivity contribution in [1.29, 1.82) is 0 Å². The fraction of sp³-hybridized carbons (Fsp3) is 0.182. The van der Waals surface area contributed by atoms with Crippen LogP contribution in [0.4, 0.5) is 0 Å². The van der Waals surface area contributed by atoms with Gasteiger partial charge in [-0.1, -0.05) is 47.7 Å². The van der Waals surface area contributed by atoms with Crippen LogP contribution in [0.15, 0.2) is 75.6 Å². The first kappa shape index (κ1) is 19.1. The number of thioether (sulfide) groups is 1. The Morgan fingerprint density at radius 1 is 1.17 bits per heavy atom. The van der Waals surface area contributed by atoms with Gasteiger partial charge < -0.3 is 4.42 Å². The molecule has 29 heavy (non-hydrogen) atoms. The van der Waals surface area contributed by atoms with E-state index in [1.54, 1.807) is 16.7 Å². The normalized spacial score (nSPS) is 12.2. The van der Waals surface area contributed by atoms with Crippen molar-refractivity contribution in [2.45, 2.75) is 30.8 Å². The average Bonchev–Trinajstić information content (AvgIpc) is 3.22. The molecule has 146 valence electrons. The second-order valence-electron chi connectivity index (χ2n) is 6.69. The summed E-state index contributed by atoms with van der Waals surface area (Å²) in [6, 6.07) is 15.3. The van der Waals surface area contributed by atoms with E-state index in [4.69, 9.17) is 4.42 Å². The summed E-state index contributed by atoms with van der Waals surface area (Å²) in [6.45, 7) is 8.12. The van der Waals surface area contributed by atoms with Gasteiger partial charge >= 0.3 is 0 Å². The van der Waals surface area contributed by atoms with Crippen LogP contribution in [-0.4, -0.2) is 19.7 Å². The van der Waals surface area contributed by atoms with Crippen molar-refractivity contribution in [2.24, 2.45) is 0 Å². The third kappa shape index (κ3) is 3.86. The van der Waals surface area contributed by atoms with E-state index in [1.807, 2.05) is 56.3 Å². The van der Waals surface area contributed by atoms with Gasteiger partial charge in [0, 0.05) is 12.1 Å². The molecule has 0 spiro atoms. The number of fused-ring (bicyclic) bond motifs is 1. The largest absolute Gasteiger partial charge is 0.419 e. The molecule has 0 aliphatic carbocycles. The number of rotatable bonds is 6. The molecule has 0 bridgehead atoms. The van der Waals surface area contributed by atoms with E-state index in [0.29, 0.717) is 34.4 Å². The molecule has 4 rings (SSSR count). The average molecular weight is 404 g/mol. The molecular weight excluding hydrogens is 384 g/mol. The number of allylic oxidation sites excluding steroid dienone is 1. The molecule has 0 saturated carbocycles. The smallest absolute Gasteiger partial charge is 0.262 e. The number of hydrogen-bond acceptors (Lipinski definition) is 6. The van der Waals surface area contributed by atoms with E-state index in [1.165, 1.54) is 17.3 Å². The van der Waals surface area contributed by atoms with Gasteiger partial charge in [-0.3, -0.25) is 9.36 Å². The van der Waals surface area contributed by atoms with Gasteiger partial charge in [0.05, 0.1) is 16.2 Å². The van der Waals surface area contributed by atoms with Crippen LogP contribution >= 0.6 is 11.8 Å². The molecule has 0 aliphatic rings. The molecule has 0 unspecified atom stereocenters. The standard InChI is InChI=1S/C22H20N4O2S/c1-4-13-26-21(27)17-7-5-6-8-18(17)23-22(26)29-15(3)19-24-25-20(28-19)16-11-9-14(2)10-12-16/h4-12,15H,1,13H2,2-3H3/t15-/m0/s1. The lowest BCUT2D eigenvalue weighted by Gasteiger charge is -2.13. The minimum atomic E-state index is -0.175. The molecule has 2 aromatic heterocycles. The highest BCUT2D eigenvalue weighted by molar-refractivity contribution is 7.99. The Labute approximate surface area is 172 Å². The van der Waals surface area contributed by atoms with Gasteiger partial charge in [0.25, 0.3) is 5.56 Å². The summed E-state index contributed by atoms with van der Waals surface area (Å²) in [7, 11) is 0. The van der Waals surface area contributed by atoms with Crippen LogP contribution in [-0.2, 0) is 6.54 Å². The lowest BCUT2D eigenvalue weighted by Crippen LogP contribution is -2.23. The second-order valence-corrected chi connectivity index (χ2v) is 8.00. The summed E-state index contributed by atoms with van der Waals surface area (Å²) in [5.41, 5.74) is 2.62. The molecule has 0 saturated heterocycles. The van der Waals surface area contributed by atoms with Crippen molar-refractivity contribution in [1.82, 2.24) is 19.7 Å². The molecule has 2 heterocycles. The molecule has 0 amide bonds. The number of hydrogen-bond donors (Lipinski definition) is 0. The summed E-state index contributed by atoms with van der Waals surface area (Å²) in [5, 5.41) is 9.38. The van der Waals surface area contributed by atoms with Gasteiger partial charge in [0.2, 0.25) is 11.8 Å². The zero-order chi connectivity index (χ0) is 20.4. The summed E-state index contributed by atoms with van der Waals surface area (Å²) < 4.78 is 7.50. The molecule has 0 radical (unpaired) electrons. The van der Waals surface area contributed by atoms with Crippen molar-refractivity contribution >= 4 is 22.7 Å². The van der Waals surface area contributed by atoms with E-state index in [9.17, 15) is 4.79 Å². The minimum absolute atomic E-state index is 0.0870. The zero-order valence-electron chi connectivity index (χ0n) is 16.2. The van der Waals surface area contributed by atoms with Crippen molar-refractivity contribution in [3.8, 4) is 11.5 Å². The quantitative estimate of drug-likeness (QED) is 0.261. The van der Waals surface area contributed by atoms with Gasteiger partial charge in [-0.15, -0.1) is 16.8 Å². The van der Waals surface area contributed by atoms with Gasteiger partial charge in [-0.2, -0.15) is 0 Å². The molecule has 6 nitrogen and oxygen atoms in total. The van der Waals surface area contributed by atoms with Crippen LogP contribution in [0.3, 0.4) is 0 Å². The predicted molar refractivity (Wildman–Crippen MR) is 115 cm³/mol. The van der Waals surface area contributed by atoms with Gasteiger partial charge in [0.1, 0.15) is 0 Å². The summed E-state index contributed by atoms with van der Waals surface area (Å²) in [6.07, 6.45) is 1.69. The molecule has 0 N–H and O–H groups in total. The Bertz CT molecular complexity index is 1230. The topological polar surface area (TPSA) is 73.8 Å². The Kier molecular flexibility index (Phi) is 5.31. The maximum Gasteiger partial charge on any atom is 0.262 e. The van der Waals surface area contributed by atoms with Crippen molar-refractivity contribution in [3.63, 3.8) is 0 Å². The van der Waals surface area contributed by atoms with Gasteiger partial charge in [0.15, 0.2) is 5.16 Å². The van der Waals surface area contributed by atoms with Crippen LogP contribution in [0.5, 0.6) is 0 Å². The Balaban J connectivity index is 1.66. The molecular formula is C22H20N4O2S. The van der Waals surface area contributed by atoms with E-state index in [2.05, 4.69) is 21.8 Å². The molecule has 4 aromatic rings. The highest BCUT2D eigenvalue weighted by Crippen LogP contribution is 2.34. The third-order valence-electron chi connectivity index (χ3n) is 4.51. The van der Waals surface area contributed by atoms with Crippen molar-refractivity contribution in [2.75, 3.05) is 0 Å². The molecule has 2 aromatic carbocycles. The number of benzene rings is 2. The Morgan fingerprint density at radius 3 is 2.69 bits per heavy atom. The number of para-hydroxylation sites is 1. The van der Waals surface area contributed by atoms with E-state index >= 15 is 0 Å². The third-order valence-corrected chi connectivity index (χ3v) is 5.59. The zero-order valence-corrected chi connectivity index (χ0v) is 17.0. The number of nitrogens with zero attached hydrogens (tertiary/aromatic N) is 4. The molecule has 0 fully saturated rings. The molecule has 0 aliphatic heterocycles. The van der Waals surface area contributed by atoms with Gasteiger partial charge in [-0.05, 0) is 38.1 Å². The molecule has 7 heteroatoms. The molecule has 1 atom stereocenters. The number of aryl methyl sites for hydroxylation is 1. The first-order chi connectivity index (χ1) is 14.1. The summed E-state index contributed by atoms with van der Waals surface area (Å²) in [4.78, 5) is 17.6. The van der Waals surface area contributed by atoms with Crippen LogP contribution in [0.1, 0.15) is 23.6 Å². The summed E-state index contributed by atoms with van der Waals surface area (Å²) >= 11 is 1.41. The van der Waals surface area contributed by atoms with Crippen molar-refractivity contribution in [3.05, 3.63) is 83.0 Å². The highest BCUT2D eigenvalue weighted by Gasteiger charge is 2.20. The van der Waals surface area contributed by atoms with Crippen LogP contribution in [0.25, 0.3) is 22.4 Å². The minimum Gasteiger partial charge on any atom is -0.419 e. The maximum atomic E-state index is 12.9. The predicted octanol–water partition coefficient (Wildman–Crippen LogP) is 4.79. The van der Waals surface area contributed by atoms with Crippen LogP contribution in [0.2, 0.25) is 0 Å². The van der Waals surface area contributed by atoms with Gasteiger partial charge in [-0.25, -0.2) is 4.98 Å². The monoisotopic (exact) mass is 404 g/mol. The number of aromatic nitrogens is 4. The van der Waals surface area contributed by atoms with Crippen LogP contribution in [0, 0.1) is 6.92 Å². The van der Waals surface area contributed by atoms with Crippen molar-refractivity contribution < 1.29 is 4.42 Å². The van der Waals surface area contributed by atoms with E-state index in [-0.39, 0.29) is 10.8 Å². The van der Waals surface area contributed by atoms with Crippen LogP contribution < -0.4 is 5.56 Å². The lowest BCUT2D eigenvalue weighted by molar-refractivity contribution is 0.508. The maximum absolute atomic E-state index is 12.9. The first-order valence-corrected chi connectivity index (χ1v) is 10.1. The van der Waals surface area contributed by atoms with E-state index < -0.39 is 0 Å². The SMILES string of the molecule is C=CCn1c(S[C@@H](C)c2nnc(-c3ccc(C)cc3)o2)nc2ccccc2c1=O. The van der Waals surface area contributed by atoms with E-state index in [0.717, 1.165) is 5.56 Å². The fourth-order valence-electron chi connectivity index (χ4n) is 2.95. The summed E-state index contributed by atoms with van der Waals surface area (Å²) in [5.74, 6) is 0.959. The Hall–Kier alpha value is -3.19. The highest BCUT2D eigenvalue weighted by atomic mass is 32.2. The first-order valence-electron chi connectivity index (χ1n) is 9.24. The Morgan fingerprint density at radius 2 is 1.93 bits per heavy atom.